The average Bonchev–Trinajstić information content (AvgIpc) is 2.28. The molecule has 6 heteroatoms. The fourth-order valence-electron chi connectivity index (χ4n) is 1.80. The Kier molecular flexibility index (Phi) is 4.89. The number of rotatable bonds is 5. The van der Waals surface area contributed by atoms with Gasteiger partial charge in [0.05, 0.1) is 13.2 Å². The number of piperazine rings is 1. The molecule has 0 aromatic carbocycles. The van der Waals surface area contributed by atoms with Crippen molar-refractivity contribution < 1.29 is 14.3 Å². The molecule has 0 saturated carbocycles. The summed E-state index contributed by atoms with van der Waals surface area (Å²) in [6.07, 6.45) is 0. The fourth-order valence-corrected chi connectivity index (χ4v) is 1.80. The first kappa shape index (κ1) is 13.9. The van der Waals surface area contributed by atoms with Crippen molar-refractivity contribution in [3.05, 3.63) is 0 Å². The maximum absolute atomic E-state index is 12.0. The lowest BCUT2D eigenvalue weighted by Crippen LogP contribution is -2.64. The Morgan fingerprint density at radius 3 is 2.94 bits per heavy atom. The van der Waals surface area contributed by atoms with E-state index in [4.69, 9.17) is 4.74 Å². The normalized spacial score (nSPS) is 19.0. The van der Waals surface area contributed by atoms with Crippen LogP contribution >= 0.6 is 0 Å². The minimum absolute atomic E-state index is 0.0547. The highest BCUT2D eigenvalue weighted by atomic mass is 16.5. The number of carbonyl (C=O) groups is 2. The Balaban J connectivity index is 2.47. The van der Waals surface area contributed by atoms with Gasteiger partial charge in [-0.2, -0.15) is 0 Å². The molecule has 2 amide bonds. The maximum Gasteiger partial charge on any atom is 0.245 e. The lowest BCUT2D eigenvalue weighted by molar-refractivity contribution is -0.148. The molecule has 1 aliphatic rings. The van der Waals surface area contributed by atoms with Crippen LogP contribution in [0.3, 0.4) is 0 Å². The predicted molar refractivity (Wildman–Crippen MR) is 63.5 cm³/mol. The van der Waals surface area contributed by atoms with E-state index in [0.29, 0.717) is 26.2 Å². The van der Waals surface area contributed by atoms with Gasteiger partial charge in [0.1, 0.15) is 5.54 Å². The first-order valence-corrected chi connectivity index (χ1v) is 5.78. The first-order valence-electron chi connectivity index (χ1n) is 5.78. The summed E-state index contributed by atoms with van der Waals surface area (Å²) in [6, 6.07) is 0. The third-order valence-corrected chi connectivity index (χ3v) is 2.91. The van der Waals surface area contributed by atoms with Crippen LogP contribution in [-0.4, -0.2) is 62.1 Å². The molecule has 0 aromatic heterocycles. The molecular formula is C11H21N3O3. The monoisotopic (exact) mass is 243 g/mol. The summed E-state index contributed by atoms with van der Waals surface area (Å²) in [4.78, 5) is 25.2. The molecule has 98 valence electrons. The molecule has 0 aromatic rings. The van der Waals surface area contributed by atoms with Crippen LogP contribution in [0.1, 0.15) is 13.8 Å². The van der Waals surface area contributed by atoms with Gasteiger partial charge in [0.2, 0.25) is 11.8 Å². The molecule has 1 saturated heterocycles. The van der Waals surface area contributed by atoms with Crippen LogP contribution in [0.4, 0.5) is 0 Å². The topological polar surface area (TPSA) is 70.7 Å². The predicted octanol–water partition coefficient (Wildman–Crippen LogP) is -1.04. The number of nitrogens with zero attached hydrogens (tertiary/aromatic N) is 1. The second-order valence-corrected chi connectivity index (χ2v) is 4.53. The van der Waals surface area contributed by atoms with Gasteiger partial charge in [0, 0.05) is 26.7 Å². The summed E-state index contributed by atoms with van der Waals surface area (Å²) < 4.78 is 4.88. The van der Waals surface area contributed by atoms with Gasteiger partial charge in [-0.15, -0.1) is 0 Å². The summed E-state index contributed by atoms with van der Waals surface area (Å²) >= 11 is 0. The maximum atomic E-state index is 12.0. The van der Waals surface area contributed by atoms with Crippen molar-refractivity contribution in [2.24, 2.45) is 0 Å². The molecular weight excluding hydrogens is 222 g/mol. The van der Waals surface area contributed by atoms with E-state index in [2.05, 4.69) is 10.6 Å². The Morgan fingerprint density at radius 1 is 1.59 bits per heavy atom. The van der Waals surface area contributed by atoms with E-state index in [1.165, 1.54) is 0 Å². The van der Waals surface area contributed by atoms with Gasteiger partial charge in [-0.25, -0.2) is 0 Å². The highest BCUT2D eigenvalue weighted by Gasteiger charge is 2.39. The molecule has 0 unspecified atom stereocenters. The summed E-state index contributed by atoms with van der Waals surface area (Å²) in [5, 5.41) is 5.75. The number of hydrogen-bond acceptors (Lipinski definition) is 4. The van der Waals surface area contributed by atoms with Crippen molar-refractivity contribution >= 4 is 11.8 Å². The molecule has 2 N–H and O–H groups in total. The summed E-state index contributed by atoms with van der Waals surface area (Å²) in [5.41, 5.74) is -0.766. The number of ether oxygens (including phenoxy) is 1. The van der Waals surface area contributed by atoms with Crippen molar-refractivity contribution in [2.45, 2.75) is 19.4 Å². The largest absolute Gasteiger partial charge is 0.383 e. The molecule has 0 spiro atoms. The van der Waals surface area contributed by atoms with E-state index in [9.17, 15) is 9.59 Å². The second kappa shape index (κ2) is 5.97. The van der Waals surface area contributed by atoms with Gasteiger partial charge in [-0.3, -0.25) is 9.59 Å². The number of nitrogens with one attached hydrogen (secondary N) is 2. The third kappa shape index (κ3) is 3.41. The van der Waals surface area contributed by atoms with Gasteiger partial charge in [-0.05, 0) is 13.8 Å². The highest BCUT2D eigenvalue weighted by Crippen LogP contribution is 2.17. The molecule has 1 rings (SSSR count). The van der Waals surface area contributed by atoms with Crippen molar-refractivity contribution in [3.63, 3.8) is 0 Å². The van der Waals surface area contributed by atoms with Crippen molar-refractivity contribution in [3.8, 4) is 0 Å². The van der Waals surface area contributed by atoms with Gasteiger partial charge in [-0.1, -0.05) is 0 Å². The first-order chi connectivity index (χ1) is 8.00. The van der Waals surface area contributed by atoms with E-state index in [-0.39, 0.29) is 18.4 Å². The van der Waals surface area contributed by atoms with E-state index in [0.717, 1.165) is 0 Å². The Hall–Kier alpha value is -1.14. The lowest BCUT2D eigenvalue weighted by atomic mass is 9.99. The van der Waals surface area contributed by atoms with E-state index >= 15 is 0 Å². The molecule has 0 radical (unpaired) electrons. The molecule has 6 nitrogen and oxygen atoms in total. The van der Waals surface area contributed by atoms with Crippen LogP contribution in [0, 0.1) is 0 Å². The SMILES string of the molecule is COCCNCC(=O)N1CCNC(=O)C1(C)C. The summed E-state index contributed by atoms with van der Waals surface area (Å²) in [5.74, 6) is -0.157. The molecule has 0 aliphatic carbocycles. The van der Waals surface area contributed by atoms with E-state index in [1.807, 2.05) is 0 Å². The number of hydrogen-bond donors (Lipinski definition) is 2. The van der Waals surface area contributed by atoms with Gasteiger partial charge < -0.3 is 20.3 Å². The zero-order valence-corrected chi connectivity index (χ0v) is 10.7. The zero-order chi connectivity index (χ0) is 12.9. The van der Waals surface area contributed by atoms with Crippen LogP contribution < -0.4 is 10.6 Å². The van der Waals surface area contributed by atoms with Crippen molar-refractivity contribution in [1.82, 2.24) is 15.5 Å². The minimum Gasteiger partial charge on any atom is -0.383 e. The van der Waals surface area contributed by atoms with Gasteiger partial charge >= 0.3 is 0 Å². The molecule has 1 aliphatic heterocycles. The molecule has 1 fully saturated rings. The summed E-state index contributed by atoms with van der Waals surface area (Å²) in [7, 11) is 1.61. The van der Waals surface area contributed by atoms with Crippen molar-refractivity contribution in [1.29, 1.82) is 0 Å². The average molecular weight is 243 g/mol. The Labute approximate surface area is 102 Å². The van der Waals surface area contributed by atoms with Crippen LogP contribution in [0.15, 0.2) is 0 Å². The van der Waals surface area contributed by atoms with Gasteiger partial charge in [0.15, 0.2) is 0 Å². The number of carbonyl (C=O) groups excluding carboxylic acids is 2. The Morgan fingerprint density at radius 2 is 2.29 bits per heavy atom. The number of methoxy groups -OCH3 is 1. The molecule has 0 bridgehead atoms. The van der Waals surface area contributed by atoms with Crippen LogP contribution in [0.25, 0.3) is 0 Å². The summed E-state index contributed by atoms with van der Waals surface area (Å²) in [6.45, 7) is 6.03. The lowest BCUT2D eigenvalue weighted by Gasteiger charge is -2.41. The standard InChI is InChI=1S/C11H21N3O3/c1-11(2)10(16)13-4-6-14(11)9(15)8-12-5-7-17-3/h12H,4-8H2,1-3H3,(H,13,16). The van der Waals surface area contributed by atoms with Crippen molar-refractivity contribution in [2.75, 3.05) is 39.9 Å². The van der Waals surface area contributed by atoms with E-state index in [1.54, 1.807) is 25.9 Å². The molecule has 1 heterocycles. The van der Waals surface area contributed by atoms with Crippen LogP contribution in [-0.2, 0) is 14.3 Å². The van der Waals surface area contributed by atoms with Crippen LogP contribution in [0.2, 0.25) is 0 Å². The van der Waals surface area contributed by atoms with Gasteiger partial charge in [0.25, 0.3) is 0 Å². The Bertz CT molecular complexity index is 292. The third-order valence-electron chi connectivity index (χ3n) is 2.91. The van der Waals surface area contributed by atoms with E-state index < -0.39 is 5.54 Å². The zero-order valence-electron chi connectivity index (χ0n) is 10.7. The smallest absolute Gasteiger partial charge is 0.245 e. The molecule has 17 heavy (non-hydrogen) atoms. The fraction of sp³-hybridized carbons (Fsp3) is 0.818. The molecule has 0 atom stereocenters. The quantitative estimate of drug-likeness (QED) is 0.605. The second-order valence-electron chi connectivity index (χ2n) is 4.53. The number of amides is 2. The minimum atomic E-state index is -0.766. The van der Waals surface area contributed by atoms with Crippen LogP contribution in [0.5, 0.6) is 0 Å². The highest BCUT2D eigenvalue weighted by molar-refractivity contribution is 5.92.